The Morgan fingerprint density at radius 2 is 1.83 bits per heavy atom. The average Bonchev–Trinajstić information content (AvgIpc) is 3.83. The van der Waals surface area contributed by atoms with Crippen molar-refractivity contribution in [1.29, 1.82) is 0 Å². The second kappa shape index (κ2) is 14.6. The van der Waals surface area contributed by atoms with Gasteiger partial charge < -0.3 is 14.6 Å². The summed E-state index contributed by atoms with van der Waals surface area (Å²) in [7, 11) is 0. The monoisotopic (exact) mass is 751 g/mol. The first-order valence-electron chi connectivity index (χ1n) is 17.8. The molecular weight excluding hydrogens is 713 g/mol. The number of amides is 1. The Morgan fingerprint density at radius 1 is 1.02 bits per heavy atom. The molecule has 6 heterocycles. The summed E-state index contributed by atoms with van der Waals surface area (Å²) in [5, 5.41) is 13.0. The molecule has 0 saturated carbocycles. The number of thiazole rings is 1. The van der Waals surface area contributed by atoms with Gasteiger partial charge in [-0.15, -0.1) is 11.3 Å². The fourth-order valence-corrected chi connectivity index (χ4v) is 8.75. The Balaban J connectivity index is 0.928. The number of nitrogens with zero attached hydrogens (tertiary/aromatic N) is 7. The SMILES string of the molecule is Cc1ccc(-c2ncc(CN3CC[C@@H](C(=O)N4CCC(O)(Cn5cnc6c(ccn6-c6ccc(Cl)c(F)c6)c5=O)CC4)[C@H](c4ccccc4)C3)s2)cn1. The first-order chi connectivity index (χ1) is 25.6. The molecule has 0 spiro atoms. The number of hydrogen-bond acceptors (Lipinski definition) is 8. The second-order valence-corrected chi connectivity index (χ2v) is 15.7. The summed E-state index contributed by atoms with van der Waals surface area (Å²) < 4.78 is 17.2. The molecule has 0 radical (unpaired) electrons. The van der Waals surface area contributed by atoms with Crippen LogP contribution in [0.15, 0.2) is 96.4 Å². The molecule has 1 amide bonds. The molecule has 2 aromatic carbocycles. The predicted octanol–water partition coefficient (Wildman–Crippen LogP) is 6.47. The highest BCUT2D eigenvalue weighted by molar-refractivity contribution is 7.15. The minimum absolute atomic E-state index is 0.0112. The molecule has 53 heavy (non-hydrogen) atoms. The molecule has 10 nitrogen and oxygen atoms in total. The average molecular weight is 752 g/mol. The lowest BCUT2D eigenvalue weighted by atomic mass is 9.79. The van der Waals surface area contributed by atoms with Gasteiger partial charge in [-0.05, 0) is 74.7 Å². The van der Waals surface area contributed by atoms with Crippen LogP contribution < -0.4 is 5.56 Å². The zero-order chi connectivity index (χ0) is 36.7. The minimum Gasteiger partial charge on any atom is -0.388 e. The molecule has 2 atom stereocenters. The topological polar surface area (TPSA) is 109 Å². The van der Waals surface area contributed by atoms with Crippen LogP contribution in [0.25, 0.3) is 27.3 Å². The molecule has 272 valence electrons. The van der Waals surface area contributed by atoms with Gasteiger partial charge in [0, 0.05) is 72.7 Å². The standard InChI is InChI=1S/C40H39ClFN7O3S/c1-26-7-8-28(20-43-26)37-44-21-30(53-37)22-46-15-11-31(33(23-46)27-5-3-2-4-6-27)38(50)47-17-13-40(52,14-18-47)24-48-25-45-36-32(39(48)51)12-16-49(36)29-9-10-34(41)35(42)19-29/h2-10,12,16,19-21,25,31,33,52H,11,13-15,17-18,22-24H2,1H3/t31-,33+/m1/s1. The number of fused-ring (bicyclic) bond motifs is 1. The van der Waals surface area contributed by atoms with Crippen LogP contribution in [0.5, 0.6) is 0 Å². The zero-order valence-corrected chi connectivity index (χ0v) is 30.8. The van der Waals surface area contributed by atoms with Crippen molar-refractivity contribution in [2.45, 2.75) is 50.8 Å². The van der Waals surface area contributed by atoms with Crippen LogP contribution >= 0.6 is 22.9 Å². The molecular formula is C40H39ClFN7O3S. The van der Waals surface area contributed by atoms with Crippen LogP contribution in [0.4, 0.5) is 4.39 Å². The lowest BCUT2D eigenvalue weighted by molar-refractivity contribution is -0.142. The van der Waals surface area contributed by atoms with Gasteiger partial charge in [-0.25, -0.2) is 14.4 Å². The van der Waals surface area contributed by atoms with Crippen molar-refractivity contribution in [3.8, 4) is 16.3 Å². The van der Waals surface area contributed by atoms with E-state index >= 15 is 0 Å². The van der Waals surface area contributed by atoms with Crippen LogP contribution in [-0.4, -0.2) is 76.7 Å². The molecule has 2 aliphatic heterocycles. The van der Waals surface area contributed by atoms with Crippen LogP contribution in [-0.2, 0) is 17.9 Å². The van der Waals surface area contributed by atoms with E-state index < -0.39 is 11.4 Å². The summed E-state index contributed by atoms with van der Waals surface area (Å²) in [6, 6.07) is 20.4. The first-order valence-corrected chi connectivity index (χ1v) is 19.0. The van der Waals surface area contributed by atoms with Gasteiger partial charge in [-0.2, -0.15) is 0 Å². The molecule has 1 N–H and O–H groups in total. The smallest absolute Gasteiger partial charge is 0.262 e. The third-order valence-corrected chi connectivity index (χ3v) is 12.0. The van der Waals surface area contributed by atoms with Crippen LogP contribution in [0.3, 0.4) is 0 Å². The quantitative estimate of drug-likeness (QED) is 0.190. The number of aliphatic hydroxyl groups is 1. The lowest BCUT2D eigenvalue weighted by Gasteiger charge is -2.43. The first kappa shape index (κ1) is 35.3. The molecule has 6 aromatic rings. The van der Waals surface area contributed by atoms with Gasteiger partial charge >= 0.3 is 0 Å². The van der Waals surface area contributed by atoms with Crippen molar-refractivity contribution in [2.75, 3.05) is 26.2 Å². The number of rotatable bonds is 8. The molecule has 8 rings (SSSR count). The Kier molecular flexibility index (Phi) is 9.71. The van der Waals surface area contributed by atoms with E-state index in [1.165, 1.54) is 27.9 Å². The summed E-state index contributed by atoms with van der Waals surface area (Å²) >= 11 is 7.54. The maximum atomic E-state index is 14.2. The third-order valence-electron chi connectivity index (χ3n) is 10.7. The molecule has 2 aliphatic rings. The number of carbonyl (C=O) groups excluding carboxylic acids is 1. The highest BCUT2D eigenvalue weighted by Crippen LogP contribution is 2.37. The number of halogens is 2. The van der Waals surface area contributed by atoms with E-state index in [4.69, 9.17) is 11.6 Å². The number of benzene rings is 2. The third kappa shape index (κ3) is 7.28. The van der Waals surface area contributed by atoms with Crippen molar-refractivity contribution in [1.82, 2.24) is 33.9 Å². The highest BCUT2D eigenvalue weighted by Gasteiger charge is 2.41. The number of pyridine rings is 1. The molecule has 2 saturated heterocycles. The zero-order valence-electron chi connectivity index (χ0n) is 29.2. The predicted molar refractivity (Wildman–Crippen MR) is 204 cm³/mol. The van der Waals surface area contributed by atoms with Crippen molar-refractivity contribution in [3.63, 3.8) is 0 Å². The van der Waals surface area contributed by atoms with Crippen LogP contribution in [0.1, 0.15) is 41.3 Å². The van der Waals surface area contributed by atoms with Gasteiger partial charge in [0.05, 0.1) is 28.2 Å². The van der Waals surface area contributed by atoms with Gasteiger partial charge in [0.2, 0.25) is 5.91 Å². The Hall–Kier alpha value is -4.75. The number of likely N-dealkylation sites (tertiary alicyclic amines) is 2. The molecule has 0 aliphatic carbocycles. The Bertz CT molecular complexity index is 2320. The van der Waals surface area contributed by atoms with Gasteiger partial charge in [0.25, 0.3) is 5.56 Å². The number of hydrogen-bond donors (Lipinski definition) is 1. The minimum atomic E-state index is -1.18. The number of aryl methyl sites for hydroxylation is 1. The largest absolute Gasteiger partial charge is 0.388 e. The van der Waals surface area contributed by atoms with Gasteiger partial charge in [0.15, 0.2) is 5.65 Å². The van der Waals surface area contributed by atoms with Crippen molar-refractivity contribution < 1.29 is 14.3 Å². The van der Waals surface area contributed by atoms with Crippen molar-refractivity contribution in [3.05, 3.63) is 129 Å². The van der Waals surface area contributed by atoms with E-state index in [2.05, 4.69) is 38.1 Å². The molecule has 2 fully saturated rings. The maximum Gasteiger partial charge on any atom is 0.262 e. The maximum absolute atomic E-state index is 14.2. The number of aromatic nitrogens is 5. The van der Waals surface area contributed by atoms with E-state index in [1.54, 1.807) is 34.2 Å². The number of piperidine rings is 2. The summed E-state index contributed by atoms with van der Waals surface area (Å²) in [5.41, 5.74) is 2.54. The molecule has 0 bridgehead atoms. The normalized spacial score (nSPS) is 19.1. The van der Waals surface area contributed by atoms with Gasteiger partial charge in [-0.3, -0.25) is 24.0 Å². The van der Waals surface area contributed by atoms with E-state index in [9.17, 15) is 19.1 Å². The molecule has 13 heteroatoms. The molecule has 0 unspecified atom stereocenters. The second-order valence-electron chi connectivity index (χ2n) is 14.2. The van der Waals surface area contributed by atoms with Crippen molar-refractivity contribution >= 4 is 39.9 Å². The van der Waals surface area contributed by atoms with E-state index in [0.717, 1.165) is 47.9 Å². The van der Waals surface area contributed by atoms with E-state index in [-0.39, 0.29) is 34.9 Å². The Morgan fingerprint density at radius 3 is 2.58 bits per heavy atom. The van der Waals surface area contributed by atoms with Crippen LogP contribution in [0, 0.1) is 18.7 Å². The van der Waals surface area contributed by atoms with Crippen LogP contribution in [0.2, 0.25) is 5.02 Å². The summed E-state index contributed by atoms with van der Waals surface area (Å²) in [5.74, 6) is -0.596. The van der Waals surface area contributed by atoms with E-state index in [1.807, 2.05) is 48.5 Å². The summed E-state index contributed by atoms with van der Waals surface area (Å²) in [6.07, 6.45) is 8.32. The number of carbonyl (C=O) groups is 1. The highest BCUT2D eigenvalue weighted by atomic mass is 35.5. The fourth-order valence-electron chi connectivity index (χ4n) is 7.69. The summed E-state index contributed by atoms with van der Waals surface area (Å²) in [6.45, 7) is 5.15. The van der Waals surface area contributed by atoms with Crippen molar-refractivity contribution in [2.24, 2.45) is 5.92 Å². The molecule has 4 aromatic heterocycles. The van der Waals surface area contributed by atoms with Gasteiger partial charge in [0.1, 0.15) is 17.2 Å². The van der Waals surface area contributed by atoms with Gasteiger partial charge in [-0.1, -0.05) is 41.9 Å². The Labute approximate surface area is 315 Å². The fraction of sp³-hybridized carbons (Fsp3) is 0.325. The van der Waals surface area contributed by atoms with E-state index in [0.29, 0.717) is 42.7 Å². The summed E-state index contributed by atoms with van der Waals surface area (Å²) in [4.78, 5) is 46.8. The lowest BCUT2D eigenvalue weighted by Crippen LogP contribution is -2.53.